The number of carbonyl (C=O) groups excluding carboxylic acids is 1. The number of aromatic nitrogens is 1. The van der Waals surface area contributed by atoms with E-state index in [2.05, 4.69) is 17.2 Å². The molecule has 0 fully saturated rings. The number of unbranched alkanes of at least 4 members (excludes halogenated alkanes) is 2. The monoisotopic (exact) mass is 338 g/mol. The topological polar surface area (TPSA) is 69.7 Å². The summed E-state index contributed by atoms with van der Waals surface area (Å²) < 4.78 is 16.0. The minimum atomic E-state index is -0.822. The van der Waals surface area contributed by atoms with Crippen LogP contribution in [0.1, 0.15) is 46.5 Å². The molecule has 0 unspecified atom stereocenters. The first kappa shape index (κ1) is 20.4. The van der Waals surface area contributed by atoms with Crippen molar-refractivity contribution in [2.24, 2.45) is 0 Å². The summed E-state index contributed by atoms with van der Waals surface area (Å²) >= 11 is 0. The fourth-order valence-corrected chi connectivity index (χ4v) is 2.31. The number of nitrogens with one attached hydrogen (secondary N) is 1. The molecule has 0 aliphatic rings. The number of ether oxygens (including phenoxy) is 3. The van der Waals surface area contributed by atoms with Crippen molar-refractivity contribution in [2.75, 3.05) is 32.2 Å². The van der Waals surface area contributed by atoms with Gasteiger partial charge in [-0.15, -0.1) is 0 Å². The van der Waals surface area contributed by atoms with Gasteiger partial charge in [0.1, 0.15) is 12.2 Å². The summed E-state index contributed by atoms with van der Waals surface area (Å²) in [6.07, 6.45) is 5.44. The molecule has 1 atom stereocenters. The molecule has 0 spiro atoms. The van der Waals surface area contributed by atoms with Gasteiger partial charge in [-0.3, -0.25) is 4.79 Å². The maximum atomic E-state index is 12.6. The van der Waals surface area contributed by atoms with Gasteiger partial charge >= 0.3 is 0 Å². The highest BCUT2D eigenvalue weighted by molar-refractivity contribution is 5.96. The maximum Gasteiger partial charge on any atom is 0.256 e. The number of hydrogen-bond donors (Lipinski definition) is 1. The van der Waals surface area contributed by atoms with Crippen LogP contribution in [0.5, 0.6) is 5.88 Å². The van der Waals surface area contributed by atoms with E-state index >= 15 is 0 Å². The van der Waals surface area contributed by atoms with E-state index in [-0.39, 0.29) is 5.91 Å². The quantitative estimate of drug-likeness (QED) is 0.591. The molecular formula is C18H30N2O4. The number of amides is 1. The average molecular weight is 338 g/mol. The van der Waals surface area contributed by atoms with E-state index in [0.717, 1.165) is 19.3 Å². The molecule has 0 bridgehead atoms. The minimum Gasteiger partial charge on any atom is -0.475 e. The van der Waals surface area contributed by atoms with Gasteiger partial charge < -0.3 is 19.5 Å². The Bertz CT molecular complexity index is 478. The molecule has 1 aromatic rings. The van der Waals surface area contributed by atoms with Crippen molar-refractivity contribution in [3.8, 4) is 5.88 Å². The van der Waals surface area contributed by atoms with Crippen LogP contribution < -0.4 is 10.1 Å². The highest BCUT2D eigenvalue weighted by atomic mass is 16.5. The number of anilines is 1. The van der Waals surface area contributed by atoms with Gasteiger partial charge in [-0.05, 0) is 26.3 Å². The van der Waals surface area contributed by atoms with Crippen LogP contribution in [0.4, 0.5) is 5.69 Å². The highest BCUT2D eigenvalue weighted by Crippen LogP contribution is 2.22. The van der Waals surface area contributed by atoms with Gasteiger partial charge in [0.2, 0.25) is 5.88 Å². The molecule has 1 N–H and O–H groups in total. The van der Waals surface area contributed by atoms with Crippen molar-refractivity contribution in [2.45, 2.75) is 52.1 Å². The van der Waals surface area contributed by atoms with Crippen LogP contribution in [0.2, 0.25) is 0 Å². The van der Waals surface area contributed by atoms with Crippen molar-refractivity contribution in [1.82, 2.24) is 4.98 Å². The van der Waals surface area contributed by atoms with E-state index in [1.807, 2.05) is 13.8 Å². The standard InChI is InChI=1S/C18H30N2O4/c1-5-7-8-11-18(3,24-6-2)17(21)20-15-9-10-16(19-14-15)23-13-12-22-4/h9-10,14H,5-8,11-13H2,1-4H3,(H,20,21)/t18-/m1/s1. The van der Waals surface area contributed by atoms with E-state index in [1.54, 1.807) is 25.4 Å². The van der Waals surface area contributed by atoms with E-state index in [1.165, 1.54) is 0 Å². The molecule has 6 nitrogen and oxygen atoms in total. The summed E-state index contributed by atoms with van der Waals surface area (Å²) in [4.78, 5) is 16.8. The third-order valence-electron chi connectivity index (χ3n) is 3.73. The maximum absolute atomic E-state index is 12.6. The first-order valence-corrected chi connectivity index (χ1v) is 8.59. The van der Waals surface area contributed by atoms with Gasteiger partial charge in [-0.1, -0.05) is 26.2 Å². The van der Waals surface area contributed by atoms with Crippen LogP contribution in [0.3, 0.4) is 0 Å². The lowest BCUT2D eigenvalue weighted by atomic mass is 9.96. The molecule has 0 aromatic carbocycles. The first-order valence-electron chi connectivity index (χ1n) is 8.59. The van der Waals surface area contributed by atoms with E-state index < -0.39 is 5.60 Å². The Kier molecular flexibility index (Phi) is 9.34. The van der Waals surface area contributed by atoms with Crippen LogP contribution in [0.25, 0.3) is 0 Å². The third kappa shape index (κ3) is 6.84. The third-order valence-corrected chi connectivity index (χ3v) is 3.73. The zero-order valence-electron chi connectivity index (χ0n) is 15.3. The fourth-order valence-electron chi connectivity index (χ4n) is 2.31. The smallest absolute Gasteiger partial charge is 0.256 e. The second kappa shape index (κ2) is 11.0. The second-order valence-corrected chi connectivity index (χ2v) is 5.80. The summed E-state index contributed by atoms with van der Waals surface area (Å²) in [5.41, 5.74) is -0.196. The fraction of sp³-hybridized carbons (Fsp3) is 0.667. The lowest BCUT2D eigenvalue weighted by molar-refractivity contribution is -0.139. The van der Waals surface area contributed by atoms with Crippen LogP contribution in [0.15, 0.2) is 18.3 Å². The Labute approximate surface area is 144 Å². The molecule has 0 saturated heterocycles. The van der Waals surface area contributed by atoms with E-state index in [9.17, 15) is 4.79 Å². The summed E-state index contributed by atoms with van der Waals surface area (Å²) in [5.74, 6) is 0.357. The predicted molar refractivity (Wildman–Crippen MR) is 94.4 cm³/mol. The Morgan fingerprint density at radius 1 is 1.25 bits per heavy atom. The predicted octanol–water partition coefficient (Wildman–Crippen LogP) is 3.42. The number of carbonyl (C=O) groups is 1. The van der Waals surface area contributed by atoms with Crippen molar-refractivity contribution in [1.29, 1.82) is 0 Å². The summed E-state index contributed by atoms with van der Waals surface area (Å²) in [5, 5.41) is 2.88. The minimum absolute atomic E-state index is 0.143. The van der Waals surface area contributed by atoms with Gasteiger partial charge in [-0.2, -0.15) is 0 Å². The van der Waals surface area contributed by atoms with Gasteiger partial charge in [0.05, 0.1) is 18.5 Å². The van der Waals surface area contributed by atoms with E-state index in [0.29, 0.717) is 37.8 Å². The Morgan fingerprint density at radius 2 is 2.04 bits per heavy atom. The zero-order chi connectivity index (χ0) is 17.8. The van der Waals surface area contributed by atoms with Crippen LogP contribution in [0, 0.1) is 0 Å². The molecule has 0 aliphatic heterocycles. The normalized spacial score (nSPS) is 13.3. The van der Waals surface area contributed by atoms with Crippen molar-refractivity contribution in [3.63, 3.8) is 0 Å². The molecule has 0 aliphatic carbocycles. The molecular weight excluding hydrogens is 308 g/mol. The second-order valence-electron chi connectivity index (χ2n) is 5.80. The molecule has 1 heterocycles. The van der Waals surface area contributed by atoms with Gasteiger partial charge in [0, 0.05) is 19.8 Å². The summed E-state index contributed by atoms with van der Waals surface area (Å²) in [6.45, 7) is 7.33. The lowest BCUT2D eigenvalue weighted by Crippen LogP contribution is -2.42. The molecule has 1 rings (SSSR count). The molecule has 1 aromatic heterocycles. The number of pyridine rings is 1. The number of rotatable bonds is 12. The molecule has 0 radical (unpaired) electrons. The van der Waals surface area contributed by atoms with Crippen molar-refractivity contribution >= 4 is 11.6 Å². The van der Waals surface area contributed by atoms with Crippen molar-refractivity contribution < 1.29 is 19.0 Å². The molecule has 6 heteroatoms. The molecule has 136 valence electrons. The average Bonchev–Trinajstić information content (AvgIpc) is 2.57. The van der Waals surface area contributed by atoms with Crippen molar-refractivity contribution in [3.05, 3.63) is 18.3 Å². The van der Waals surface area contributed by atoms with E-state index in [4.69, 9.17) is 14.2 Å². The molecule has 24 heavy (non-hydrogen) atoms. The molecule has 0 saturated carbocycles. The largest absolute Gasteiger partial charge is 0.475 e. The van der Waals surface area contributed by atoms with Gasteiger partial charge in [0.25, 0.3) is 5.91 Å². The van der Waals surface area contributed by atoms with Crippen LogP contribution in [-0.4, -0.2) is 43.4 Å². The van der Waals surface area contributed by atoms with Crippen LogP contribution in [-0.2, 0) is 14.3 Å². The molecule has 1 amide bonds. The highest BCUT2D eigenvalue weighted by Gasteiger charge is 2.33. The van der Waals surface area contributed by atoms with Gasteiger partial charge in [0.15, 0.2) is 0 Å². The van der Waals surface area contributed by atoms with Gasteiger partial charge in [-0.25, -0.2) is 4.98 Å². The number of methoxy groups -OCH3 is 1. The zero-order valence-corrected chi connectivity index (χ0v) is 15.3. The summed E-state index contributed by atoms with van der Waals surface area (Å²) in [6, 6.07) is 3.49. The lowest BCUT2D eigenvalue weighted by Gasteiger charge is -2.28. The summed E-state index contributed by atoms with van der Waals surface area (Å²) in [7, 11) is 1.62. The SMILES string of the molecule is CCCCC[C@@](C)(OCC)C(=O)Nc1ccc(OCCOC)nc1. The first-order chi connectivity index (χ1) is 11.6. The number of nitrogens with zero attached hydrogens (tertiary/aromatic N) is 1. The Morgan fingerprint density at radius 3 is 2.62 bits per heavy atom. The Hall–Kier alpha value is -1.66. The number of hydrogen-bond acceptors (Lipinski definition) is 5. The Balaban J connectivity index is 2.62. The van der Waals surface area contributed by atoms with Crippen LogP contribution >= 0.6 is 0 Å².